The van der Waals surface area contributed by atoms with Crippen LogP contribution in [0.25, 0.3) is 0 Å². The average molecular weight is 250 g/mol. The van der Waals surface area contributed by atoms with Crippen LogP contribution in [-0.4, -0.2) is 22.2 Å². The number of aromatic nitrogens is 2. The Morgan fingerprint density at radius 1 is 1.61 bits per heavy atom. The summed E-state index contributed by atoms with van der Waals surface area (Å²) >= 11 is 0. The third kappa shape index (κ3) is 3.75. The molecule has 2 rings (SSSR count). The number of hydrogen-bond donors (Lipinski definition) is 2. The maximum atomic E-state index is 11.7. The Morgan fingerprint density at radius 2 is 2.44 bits per heavy atom. The summed E-state index contributed by atoms with van der Waals surface area (Å²) in [5.41, 5.74) is 6.13. The van der Waals surface area contributed by atoms with Crippen molar-refractivity contribution in [3.05, 3.63) is 12.4 Å². The number of anilines is 1. The Bertz CT molecular complexity index is 401. The molecule has 2 atom stereocenters. The molecule has 5 nitrogen and oxygen atoms in total. The summed E-state index contributed by atoms with van der Waals surface area (Å²) in [5.74, 6) is 1.45. The van der Waals surface area contributed by atoms with Crippen LogP contribution in [0.2, 0.25) is 0 Å². The van der Waals surface area contributed by atoms with Gasteiger partial charge in [0.05, 0.1) is 11.9 Å². The van der Waals surface area contributed by atoms with E-state index in [1.54, 1.807) is 17.1 Å². The van der Waals surface area contributed by atoms with E-state index in [1.165, 1.54) is 25.7 Å². The van der Waals surface area contributed by atoms with Crippen LogP contribution in [0.5, 0.6) is 0 Å². The molecule has 1 amide bonds. The summed E-state index contributed by atoms with van der Waals surface area (Å²) in [5, 5.41) is 6.98. The van der Waals surface area contributed by atoms with Crippen molar-refractivity contribution in [2.45, 2.75) is 39.2 Å². The number of rotatable bonds is 4. The van der Waals surface area contributed by atoms with Crippen LogP contribution in [-0.2, 0) is 11.3 Å². The second kappa shape index (κ2) is 5.89. The third-order valence-electron chi connectivity index (χ3n) is 3.59. The maximum Gasteiger partial charge on any atom is 0.241 e. The van der Waals surface area contributed by atoms with Gasteiger partial charge in [0.15, 0.2) is 0 Å². The molecule has 1 aromatic heterocycles. The molecule has 1 saturated carbocycles. The minimum absolute atomic E-state index is 0.0105. The Morgan fingerprint density at radius 3 is 3.11 bits per heavy atom. The molecular weight excluding hydrogens is 228 g/mol. The number of nitrogens with one attached hydrogen (secondary N) is 1. The van der Waals surface area contributed by atoms with E-state index in [-0.39, 0.29) is 12.5 Å². The molecule has 0 radical (unpaired) electrons. The Labute approximate surface area is 108 Å². The first kappa shape index (κ1) is 12.9. The highest BCUT2D eigenvalue weighted by molar-refractivity contribution is 5.75. The molecule has 1 fully saturated rings. The van der Waals surface area contributed by atoms with Crippen LogP contribution < -0.4 is 11.1 Å². The molecule has 100 valence electrons. The van der Waals surface area contributed by atoms with E-state index in [0.29, 0.717) is 11.6 Å². The van der Waals surface area contributed by atoms with Crippen molar-refractivity contribution >= 4 is 11.6 Å². The van der Waals surface area contributed by atoms with Gasteiger partial charge in [-0.25, -0.2) is 0 Å². The first-order valence-electron chi connectivity index (χ1n) is 6.68. The lowest BCUT2D eigenvalue weighted by molar-refractivity contribution is -0.122. The predicted molar refractivity (Wildman–Crippen MR) is 70.8 cm³/mol. The van der Waals surface area contributed by atoms with Crippen molar-refractivity contribution in [3.8, 4) is 0 Å². The molecule has 5 heteroatoms. The van der Waals surface area contributed by atoms with E-state index < -0.39 is 0 Å². The second-order valence-corrected chi connectivity index (χ2v) is 5.41. The van der Waals surface area contributed by atoms with E-state index in [0.717, 1.165) is 12.5 Å². The zero-order valence-electron chi connectivity index (χ0n) is 10.9. The number of nitrogen functional groups attached to an aromatic ring is 1. The van der Waals surface area contributed by atoms with Gasteiger partial charge in [0.2, 0.25) is 5.91 Å². The van der Waals surface area contributed by atoms with Crippen LogP contribution in [0.4, 0.5) is 5.69 Å². The summed E-state index contributed by atoms with van der Waals surface area (Å²) in [6.45, 7) is 3.33. The normalized spacial score (nSPS) is 23.8. The Hall–Kier alpha value is -1.52. The van der Waals surface area contributed by atoms with E-state index >= 15 is 0 Å². The van der Waals surface area contributed by atoms with Crippen LogP contribution in [0.1, 0.15) is 32.6 Å². The summed E-state index contributed by atoms with van der Waals surface area (Å²) in [7, 11) is 0. The average Bonchev–Trinajstić information content (AvgIpc) is 2.72. The molecule has 1 heterocycles. The molecule has 3 N–H and O–H groups in total. The van der Waals surface area contributed by atoms with Gasteiger partial charge in [0.25, 0.3) is 0 Å². The highest BCUT2D eigenvalue weighted by Crippen LogP contribution is 2.27. The lowest BCUT2D eigenvalue weighted by Crippen LogP contribution is -2.33. The van der Waals surface area contributed by atoms with Gasteiger partial charge in [-0.05, 0) is 24.7 Å². The van der Waals surface area contributed by atoms with Crippen molar-refractivity contribution in [2.75, 3.05) is 12.3 Å². The number of carbonyl (C=O) groups is 1. The highest BCUT2D eigenvalue weighted by atomic mass is 16.2. The smallest absolute Gasteiger partial charge is 0.241 e. The molecule has 1 aromatic rings. The van der Waals surface area contributed by atoms with Crippen LogP contribution >= 0.6 is 0 Å². The van der Waals surface area contributed by atoms with Crippen LogP contribution in [0.3, 0.4) is 0 Å². The van der Waals surface area contributed by atoms with Gasteiger partial charge in [-0.1, -0.05) is 19.8 Å². The summed E-state index contributed by atoms with van der Waals surface area (Å²) < 4.78 is 1.56. The number of amides is 1. The van der Waals surface area contributed by atoms with E-state index in [9.17, 15) is 4.79 Å². The molecule has 0 aromatic carbocycles. The number of nitrogens with two attached hydrogens (primary N) is 1. The molecule has 0 saturated heterocycles. The van der Waals surface area contributed by atoms with Gasteiger partial charge in [-0.15, -0.1) is 0 Å². The van der Waals surface area contributed by atoms with Crippen molar-refractivity contribution in [2.24, 2.45) is 11.8 Å². The predicted octanol–water partition coefficient (Wildman–Crippen LogP) is 1.41. The SMILES string of the molecule is CC1CCCC(CNC(=O)Cn2cc(N)cn2)C1. The summed E-state index contributed by atoms with van der Waals surface area (Å²) in [6, 6.07) is 0. The van der Waals surface area contributed by atoms with Gasteiger partial charge in [0, 0.05) is 12.7 Å². The largest absolute Gasteiger partial charge is 0.396 e. The molecule has 2 unspecified atom stereocenters. The van der Waals surface area contributed by atoms with E-state index in [4.69, 9.17) is 5.73 Å². The Balaban J connectivity index is 1.71. The van der Waals surface area contributed by atoms with Crippen LogP contribution in [0, 0.1) is 11.8 Å². The lowest BCUT2D eigenvalue weighted by atomic mass is 9.82. The quantitative estimate of drug-likeness (QED) is 0.848. The van der Waals surface area contributed by atoms with E-state index in [2.05, 4.69) is 17.3 Å². The minimum Gasteiger partial charge on any atom is -0.396 e. The van der Waals surface area contributed by atoms with E-state index in [1.807, 2.05) is 0 Å². The summed E-state index contributed by atoms with van der Waals surface area (Å²) in [4.78, 5) is 11.7. The van der Waals surface area contributed by atoms with Crippen molar-refractivity contribution in [1.82, 2.24) is 15.1 Å². The van der Waals surface area contributed by atoms with Crippen molar-refractivity contribution < 1.29 is 4.79 Å². The van der Waals surface area contributed by atoms with Gasteiger partial charge in [-0.3, -0.25) is 9.48 Å². The lowest BCUT2D eigenvalue weighted by Gasteiger charge is -2.26. The standard InChI is InChI=1S/C13H22N4O/c1-10-3-2-4-11(5-10)6-15-13(18)9-17-8-12(14)7-16-17/h7-8,10-11H,2-6,9,14H2,1H3,(H,15,18). The third-order valence-corrected chi connectivity index (χ3v) is 3.59. The summed E-state index contributed by atoms with van der Waals surface area (Å²) in [6.07, 6.45) is 8.31. The fourth-order valence-electron chi connectivity index (χ4n) is 2.67. The molecule has 1 aliphatic rings. The molecule has 0 aliphatic heterocycles. The van der Waals surface area contributed by atoms with Crippen molar-refractivity contribution in [1.29, 1.82) is 0 Å². The fourth-order valence-corrected chi connectivity index (χ4v) is 2.67. The highest BCUT2D eigenvalue weighted by Gasteiger charge is 2.19. The van der Waals surface area contributed by atoms with Gasteiger partial charge in [-0.2, -0.15) is 5.10 Å². The zero-order valence-corrected chi connectivity index (χ0v) is 10.9. The molecule has 0 bridgehead atoms. The number of carbonyl (C=O) groups excluding carboxylic acids is 1. The van der Waals surface area contributed by atoms with Gasteiger partial charge in [0.1, 0.15) is 6.54 Å². The second-order valence-electron chi connectivity index (χ2n) is 5.41. The minimum atomic E-state index is 0.0105. The topological polar surface area (TPSA) is 72.9 Å². The number of hydrogen-bond acceptors (Lipinski definition) is 3. The first-order chi connectivity index (χ1) is 8.63. The van der Waals surface area contributed by atoms with Crippen molar-refractivity contribution in [3.63, 3.8) is 0 Å². The maximum absolute atomic E-state index is 11.7. The van der Waals surface area contributed by atoms with Gasteiger partial charge < -0.3 is 11.1 Å². The zero-order chi connectivity index (χ0) is 13.0. The molecule has 1 aliphatic carbocycles. The monoisotopic (exact) mass is 250 g/mol. The van der Waals surface area contributed by atoms with Crippen LogP contribution in [0.15, 0.2) is 12.4 Å². The fraction of sp³-hybridized carbons (Fsp3) is 0.692. The molecule has 18 heavy (non-hydrogen) atoms. The molecule has 0 spiro atoms. The molecular formula is C13H22N4O. The number of nitrogens with zero attached hydrogens (tertiary/aromatic N) is 2. The Kier molecular flexibility index (Phi) is 4.23. The first-order valence-corrected chi connectivity index (χ1v) is 6.68. The van der Waals surface area contributed by atoms with Gasteiger partial charge >= 0.3 is 0 Å².